The van der Waals surface area contributed by atoms with Crippen molar-refractivity contribution in [2.75, 3.05) is 13.2 Å². The summed E-state index contributed by atoms with van der Waals surface area (Å²) in [4.78, 5) is 22.7. The van der Waals surface area contributed by atoms with E-state index in [0.717, 1.165) is 25.7 Å². The fourth-order valence-electron chi connectivity index (χ4n) is 2.59. The highest BCUT2D eigenvalue weighted by molar-refractivity contribution is 5.80. The van der Waals surface area contributed by atoms with E-state index >= 15 is 0 Å². The van der Waals surface area contributed by atoms with Crippen molar-refractivity contribution in [3.63, 3.8) is 0 Å². The molecule has 2 aliphatic rings. The Morgan fingerprint density at radius 3 is 2.26 bits per heavy atom. The van der Waals surface area contributed by atoms with Gasteiger partial charge < -0.3 is 20.8 Å². The first kappa shape index (κ1) is 14.1. The largest absolute Gasteiger partial charge is 0.481 e. The Balaban J connectivity index is 1.66. The van der Waals surface area contributed by atoms with Crippen LogP contribution in [0.25, 0.3) is 0 Å². The Labute approximate surface area is 112 Å². The predicted molar refractivity (Wildman–Crippen MR) is 68.7 cm³/mol. The normalized spacial score (nSPS) is 28.5. The highest BCUT2D eigenvalue weighted by Gasteiger charge is 2.50. The van der Waals surface area contributed by atoms with Crippen LogP contribution in [0.4, 0.5) is 4.79 Å². The summed E-state index contributed by atoms with van der Waals surface area (Å²) in [6.45, 7) is 0.431. The maximum absolute atomic E-state index is 11.7. The summed E-state index contributed by atoms with van der Waals surface area (Å²) < 4.78 is 0. The van der Waals surface area contributed by atoms with Gasteiger partial charge in [-0.05, 0) is 44.4 Å². The number of urea groups is 1. The van der Waals surface area contributed by atoms with Crippen molar-refractivity contribution in [2.45, 2.75) is 44.6 Å². The molecule has 4 N–H and O–H groups in total. The summed E-state index contributed by atoms with van der Waals surface area (Å²) in [5.41, 5.74) is -0.716. The van der Waals surface area contributed by atoms with Gasteiger partial charge in [0.2, 0.25) is 0 Å². The van der Waals surface area contributed by atoms with Crippen molar-refractivity contribution in [2.24, 2.45) is 11.3 Å². The van der Waals surface area contributed by atoms with Gasteiger partial charge in [-0.3, -0.25) is 4.79 Å². The lowest BCUT2D eigenvalue weighted by atomic mass is 9.87. The van der Waals surface area contributed by atoms with E-state index in [1.165, 1.54) is 0 Å². The number of hydrogen-bond acceptors (Lipinski definition) is 3. The van der Waals surface area contributed by atoms with Gasteiger partial charge in [-0.2, -0.15) is 0 Å². The van der Waals surface area contributed by atoms with Crippen LogP contribution < -0.4 is 10.6 Å². The number of amides is 2. The number of aliphatic hydroxyl groups excluding tert-OH is 1. The molecule has 0 aromatic heterocycles. The van der Waals surface area contributed by atoms with E-state index in [1.54, 1.807) is 0 Å². The number of aliphatic hydroxyl groups is 1. The molecule has 0 saturated heterocycles. The van der Waals surface area contributed by atoms with Crippen molar-refractivity contribution < 1.29 is 19.8 Å². The summed E-state index contributed by atoms with van der Waals surface area (Å²) in [5.74, 6) is -0.459. The summed E-state index contributed by atoms with van der Waals surface area (Å²) in [7, 11) is 0. The molecular weight excluding hydrogens is 248 g/mol. The Bertz CT molecular complexity index is 347. The van der Waals surface area contributed by atoms with Crippen LogP contribution >= 0.6 is 0 Å². The molecule has 0 unspecified atom stereocenters. The third kappa shape index (κ3) is 3.59. The molecule has 0 aromatic carbocycles. The minimum atomic E-state index is -0.823. The molecule has 2 saturated carbocycles. The van der Waals surface area contributed by atoms with Gasteiger partial charge in [0.25, 0.3) is 0 Å². The van der Waals surface area contributed by atoms with E-state index in [2.05, 4.69) is 10.6 Å². The zero-order chi connectivity index (χ0) is 13.9. The van der Waals surface area contributed by atoms with Crippen LogP contribution in [-0.4, -0.2) is 41.4 Å². The third-order valence-corrected chi connectivity index (χ3v) is 4.33. The van der Waals surface area contributed by atoms with Crippen molar-refractivity contribution in [1.29, 1.82) is 0 Å². The van der Waals surface area contributed by atoms with Crippen LogP contribution in [-0.2, 0) is 4.79 Å². The number of carboxylic acids is 1. The van der Waals surface area contributed by atoms with Crippen molar-refractivity contribution >= 4 is 12.0 Å². The number of carboxylic acid groups (broad SMARTS) is 1. The summed E-state index contributed by atoms with van der Waals surface area (Å²) in [6, 6.07) is -0.136. The highest BCUT2D eigenvalue weighted by atomic mass is 16.4. The molecule has 0 atom stereocenters. The number of aliphatic carboxylic acids is 1. The second-order valence-corrected chi connectivity index (χ2v) is 5.81. The highest BCUT2D eigenvalue weighted by Crippen LogP contribution is 2.45. The molecule has 2 aliphatic carbocycles. The summed E-state index contributed by atoms with van der Waals surface area (Å²) in [6.07, 6.45) is 4.90. The standard InChI is InChI=1S/C13H22N2O4/c16-7-9-1-3-10(4-2-9)15-12(19)14-8-13(5-6-13)11(17)18/h9-10,16H,1-8H2,(H,17,18)(H2,14,15,19). The number of rotatable bonds is 5. The predicted octanol–water partition coefficient (Wildman–Crippen LogP) is 0.701. The number of carbonyl (C=O) groups is 2. The first-order chi connectivity index (χ1) is 9.05. The second kappa shape index (κ2) is 5.77. The minimum Gasteiger partial charge on any atom is -0.481 e. The molecule has 2 fully saturated rings. The van der Waals surface area contributed by atoms with Crippen LogP contribution in [0.15, 0.2) is 0 Å². The molecule has 0 bridgehead atoms. The maximum Gasteiger partial charge on any atom is 0.315 e. The van der Waals surface area contributed by atoms with E-state index in [-0.39, 0.29) is 25.2 Å². The van der Waals surface area contributed by atoms with Gasteiger partial charge in [-0.1, -0.05) is 0 Å². The van der Waals surface area contributed by atoms with E-state index in [0.29, 0.717) is 18.8 Å². The average molecular weight is 270 g/mol. The van der Waals surface area contributed by atoms with Crippen LogP contribution in [0.1, 0.15) is 38.5 Å². The van der Waals surface area contributed by atoms with Crippen LogP contribution in [0.2, 0.25) is 0 Å². The van der Waals surface area contributed by atoms with Crippen molar-refractivity contribution in [3.8, 4) is 0 Å². The molecule has 0 spiro atoms. The third-order valence-electron chi connectivity index (χ3n) is 4.33. The van der Waals surface area contributed by atoms with Crippen LogP contribution in [0.5, 0.6) is 0 Å². The van der Waals surface area contributed by atoms with Crippen LogP contribution in [0, 0.1) is 11.3 Å². The number of nitrogens with one attached hydrogen (secondary N) is 2. The first-order valence-electron chi connectivity index (χ1n) is 6.94. The lowest BCUT2D eigenvalue weighted by Crippen LogP contribution is -2.46. The van der Waals surface area contributed by atoms with E-state index in [9.17, 15) is 9.59 Å². The lowest BCUT2D eigenvalue weighted by Gasteiger charge is -2.28. The van der Waals surface area contributed by atoms with Gasteiger partial charge in [-0.15, -0.1) is 0 Å². The molecule has 0 heterocycles. The van der Waals surface area contributed by atoms with E-state index in [1.807, 2.05) is 0 Å². The molecule has 19 heavy (non-hydrogen) atoms. The van der Waals surface area contributed by atoms with E-state index < -0.39 is 11.4 Å². The zero-order valence-corrected chi connectivity index (χ0v) is 11.0. The van der Waals surface area contributed by atoms with Crippen LogP contribution in [0.3, 0.4) is 0 Å². The van der Waals surface area contributed by atoms with Gasteiger partial charge in [0, 0.05) is 19.2 Å². The molecule has 2 rings (SSSR count). The molecule has 0 radical (unpaired) electrons. The van der Waals surface area contributed by atoms with Crippen molar-refractivity contribution in [3.05, 3.63) is 0 Å². The average Bonchev–Trinajstić information content (AvgIpc) is 3.18. The van der Waals surface area contributed by atoms with Gasteiger partial charge >= 0.3 is 12.0 Å². The fourth-order valence-corrected chi connectivity index (χ4v) is 2.59. The second-order valence-electron chi connectivity index (χ2n) is 5.81. The Hall–Kier alpha value is -1.30. The topological polar surface area (TPSA) is 98.7 Å². The molecule has 6 nitrogen and oxygen atoms in total. The minimum absolute atomic E-state index is 0.141. The molecular formula is C13H22N2O4. The SMILES string of the molecule is O=C(NCC1(C(=O)O)CC1)NC1CCC(CO)CC1. The smallest absolute Gasteiger partial charge is 0.315 e. The summed E-state index contributed by atoms with van der Waals surface area (Å²) >= 11 is 0. The van der Waals surface area contributed by atoms with E-state index in [4.69, 9.17) is 10.2 Å². The fraction of sp³-hybridized carbons (Fsp3) is 0.846. The zero-order valence-electron chi connectivity index (χ0n) is 11.0. The monoisotopic (exact) mass is 270 g/mol. The maximum atomic E-state index is 11.7. The van der Waals surface area contributed by atoms with Gasteiger partial charge in [0.15, 0.2) is 0 Å². The summed E-state index contributed by atoms with van der Waals surface area (Å²) in [5, 5.41) is 23.6. The Morgan fingerprint density at radius 2 is 1.79 bits per heavy atom. The number of carbonyl (C=O) groups excluding carboxylic acids is 1. The van der Waals surface area contributed by atoms with Gasteiger partial charge in [-0.25, -0.2) is 4.79 Å². The Morgan fingerprint density at radius 1 is 1.16 bits per heavy atom. The number of hydrogen-bond donors (Lipinski definition) is 4. The molecule has 2 amide bonds. The Kier molecular flexibility index (Phi) is 4.29. The lowest BCUT2D eigenvalue weighted by molar-refractivity contribution is -0.143. The molecule has 0 aromatic rings. The molecule has 0 aliphatic heterocycles. The molecule has 6 heteroatoms. The van der Waals surface area contributed by atoms with Gasteiger partial charge in [0.1, 0.15) is 0 Å². The molecule has 108 valence electrons. The van der Waals surface area contributed by atoms with Crippen molar-refractivity contribution in [1.82, 2.24) is 10.6 Å². The first-order valence-corrected chi connectivity index (χ1v) is 6.94. The van der Waals surface area contributed by atoms with Gasteiger partial charge in [0.05, 0.1) is 5.41 Å². The quantitative estimate of drug-likeness (QED) is 0.591.